The molecule has 0 aliphatic carbocycles. The van der Waals surface area contributed by atoms with Crippen LogP contribution in [0.1, 0.15) is 26.3 Å². The van der Waals surface area contributed by atoms with Crippen LogP contribution in [0.3, 0.4) is 0 Å². The Hall–Kier alpha value is -2.22. The monoisotopic (exact) mass is 388 g/mol. The van der Waals surface area contributed by atoms with Gasteiger partial charge in [-0.15, -0.1) is 0 Å². The van der Waals surface area contributed by atoms with Gasteiger partial charge in [0.2, 0.25) is 5.91 Å². The molecule has 26 heavy (non-hydrogen) atoms. The number of carbonyl (C=O) groups excluding carboxylic acids is 1. The van der Waals surface area contributed by atoms with Crippen molar-refractivity contribution in [3.8, 4) is 0 Å². The predicted octanol–water partition coefficient (Wildman–Crippen LogP) is 4.65. The Kier molecular flexibility index (Phi) is 6.17. The number of anilines is 2. The highest BCUT2D eigenvalue weighted by Gasteiger charge is 2.31. The highest BCUT2D eigenvalue weighted by Crippen LogP contribution is 2.34. The van der Waals surface area contributed by atoms with E-state index in [0.29, 0.717) is 12.4 Å². The van der Waals surface area contributed by atoms with Gasteiger partial charge in [-0.2, -0.15) is 18.3 Å². The standard InChI is InChI=1S/C17H20ClF3N4O/c1-4-25-14(7-8-22-25)24-16(26)15(10(2)3)23-13-6-5-11(9-12(13)18)17(19,20)21/h5-10,15,23H,4H2,1-3H3,(H,24,26)/t15-/m0/s1. The van der Waals surface area contributed by atoms with Crippen LogP contribution in [0.25, 0.3) is 0 Å². The van der Waals surface area contributed by atoms with Crippen LogP contribution in [0.4, 0.5) is 24.7 Å². The number of aromatic nitrogens is 2. The lowest BCUT2D eigenvalue weighted by Crippen LogP contribution is -2.39. The third-order valence-corrected chi connectivity index (χ3v) is 4.14. The lowest BCUT2D eigenvalue weighted by Gasteiger charge is -2.23. The van der Waals surface area contributed by atoms with E-state index in [0.717, 1.165) is 12.1 Å². The smallest absolute Gasteiger partial charge is 0.372 e. The summed E-state index contributed by atoms with van der Waals surface area (Å²) in [7, 11) is 0. The number of alkyl halides is 3. The maximum absolute atomic E-state index is 12.8. The van der Waals surface area contributed by atoms with Gasteiger partial charge in [0, 0.05) is 12.6 Å². The SMILES string of the molecule is CCn1nccc1NC(=O)[C@@H](Nc1ccc(C(F)(F)F)cc1Cl)C(C)C. The molecular weight excluding hydrogens is 369 g/mol. The van der Waals surface area contributed by atoms with Crippen LogP contribution >= 0.6 is 11.6 Å². The second-order valence-corrected chi connectivity index (χ2v) is 6.49. The van der Waals surface area contributed by atoms with Crippen LogP contribution in [0.2, 0.25) is 5.02 Å². The van der Waals surface area contributed by atoms with Gasteiger partial charge in [-0.3, -0.25) is 4.79 Å². The molecule has 2 N–H and O–H groups in total. The summed E-state index contributed by atoms with van der Waals surface area (Å²) in [5.41, 5.74) is -0.581. The average molecular weight is 389 g/mol. The second kappa shape index (κ2) is 7.99. The number of nitrogens with zero attached hydrogens (tertiary/aromatic N) is 2. The van der Waals surface area contributed by atoms with E-state index >= 15 is 0 Å². The average Bonchev–Trinajstić information content (AvgIpc) is 2.99. The number of benzene rings is 1. The normalized spacial score (nSPS) is 12.9. The summed E-state index contributed by atoms with van der Waals surface area (Å²) in [6.07, 6.45) is -2.90. The van der Waals surface area contributed by atoms with E-state index in [9.17, 15) is 18.0 Å². The first-order valence-electron chi connectivity index (χ1n) is 8.09. The third-order valence-electron chi connectivity index (χ3n) is 3.82. The minimum absolute atomic E-state index is 0.100. The quantitative estimate of drug-likeness (QED) is 0.757. The number of nitrogens with one attached hydrogen (secondary N) is 2. The van der Waals surface area contributed by atoms with Gasteiger partial charge in [-0.1, -0.05) is 25.4 Å². The molecule has 0 saturated heterocycles. The summed E-state index contributed by atoms with van der Waals surface area (Å²) < 4.78 is 39.9. The lowest BCUT2D eigenvalue weighted by atomic mass is 10.0. The maximum Gasteiger partial charge on any atom is 0.416 e. The van der Waals surface area contributed by atoms with Crippen molar-refractivity contribution in [3.05, 3.63) is 41.0 Å². The van der Waals surface area contributed by atoms with E-state index in [1.165, 1.54) is 6.07 Å². The van der Waals surface area contributed by atoms with Crippen molar-refractivity contribution in [3.63, 3.8) is 0 Å². The van der Waals surface area contributed by atoms with E-state index in [1.54, 1.807) is 16.9 Å². The summed E-state index contributed by atoms with van der Waals surface area (Å²) in [5, 5.41) is 9.68. The zero-order valence-electron chi connectivity index (χ0n) is 14.6. The molecule has 0 radical (unpaired) electrons. The number of carbonyl (C=O) groups is 1. The maximum atomic E-state index is 12.8. The molecule has 5 nitrogen and oxygen atoms in total. The van der Waals surface area contributed by atoms with E-state index < -0.39 is 17.8 Å². The first-order valence-corrected chi connectivity index (χ1v) is 8.47. The zero-order chi connectivity index (χ0) is 19.5. The van der Waals surface area contributed by atoms with Gasteiger partial charge >= 0.3 is 6.18 Å². The summed E-state index contributed by atoms with van der Waals surface area (Å²) in [6.45, 7) is 6.13. The summed E-state index contributed by atoms with van der Waals surface area (Å²) >= 11 is 5.97. The van der Waals surface area contributed by atoms with Crippen LogP contribution in [0.15, 0.2) is 30.5 Å². The number of halogens is 4. The van der Waals surface area contributed by atoms with E-state index in [4.69, 9.17) is 11.6 Å². The van der Waals surface area contributed by atoms with Crippen LogP contribution in [0, 0.1) is 5.92 Å². The fourth-order valence-corrected chi connectivity index (χ4v) is 2.64. The van der Waals surface area contributed by atoms with E-state index in [2.05, 4.69) is 15.7 Å². The molecule has 1 heterocycles. The minimum Gasteiger partial charge on any atom is -0.372 e. The van der Waals surface area contributed by atoms with Crippen LogP contribution in [-0.4, -0.2) is 21.7 Å². The van der Waals surface area contributed by atoms with Crippen LogP contribution in [-0.2, 0) is 17.5 Å². The molecule has 1 amide bonds. The van der Waals surface area contributed by atoms with Crippen molar-refractivity contribution in [2.24, 2.45) is 5.92 Å². The topological polar surface area (TPSA) is 59.0 Å². The summed E-state index contributed by atoms with van der Waals surface area (Å²) in [4.78, 5) is 12.6. The summed E-state index contributed by atoms with van der Waals surface area (Å²) in [5.74, 6) is 0.0842. The van der Waals surface area contributed by atoms with Crippen molar-refractivity contribution in [1.82, 2.24) is 9.78 Å². The van der Waals surface area contributed by atoms with Crippen molar-refractivity contribution < 1.29 is 18.0 Å². The molecule has 0 saturated carbocycles. The largest absolute Gasteiger partial charge is 0.416 e. The molecule has 9 heteroatoms. The highest BCUT2D eigenvalue weighted by atomic mass is 35.5. The van der Waals surface area contributed by atoms with Gasteiger partial charge < -0.3 is 10.6 Å². The molecule has 2 aromatic rings. The van der Waals surface area contributed by atoms with Gasteiger partial charge in [0.05, 0.1) is 22.5 Å². The van der Waals surface area contributed by atoms with E-state index in [1.807, 2.05) is 20.8 Å². The molecule has 1 atom stereocenters. The molecule has 0 unspecified atom stereocenters. The Balaban J connectivity index is 2.19. The fourth-order valence-electron chi connectivity index (χ4n) is 2.41. The molecular formula is C17H20ClF3N4O. The van der Waals surface area contributed by atoms with Gasteiger partial charge in [0.1, 0.15) is 11.9 Å². The molecule has 1 aromatic heterocycles. The molecule has 0 aliphatic heterocycles. The molecule has 142 valence electrons. The van der Waals surface area contributed by atoms with Gasteiger partial charge in [-0.05, 0) is 31.0 Å². The molecule has 2 rings (SSSR count). The van der Waals surface area contributed by atoms with Crippen molar-refractivity contribution >= 4 is 29.0 Å². The van der Waals surface area contributed by atoms with Crippen molar-refractivity contribution in [2.75, 3.05) is 10.6 Å². The van der Waals surface area contributed by atoms with Gasteiger partial charge in [0.25, 0.3) is 0 Å². The molecule has 0 spiro atoms. The molecule has 0 bridgehead atoms. The lowest BCUT2D eigenvalue weighted by molar-refractivity contribution is -0.137. The Bertz CT molecular complexity index is 774. The Morgan fingerprint density at radius 3 is 2.54 bits per heavy atom. The number of amides is 1. The second-order valence-electron chi connectivity index (χ2n) is 6.08. The molecule has 0 aliphatic rings. The van der Waals surface area contributed by atoms with E-state index in [-0.39, 0.29) is 22.5 Å². The van der Waals surface area contributed by atoms with Crippen LogP contribution < -0.4 is 10.6 Å². The molecule has 0 fully saturated rings. The van der Waals surface area contributed by atoms with Crippen LogP contribution in [0.5, 0.6) is 0 Å². The number of hydrogen-bond acceptors (Lipinski definition) is 3. The van der Waals surface area contributed by atoms with Gasteiger partial charge in [-0.25, -0.2) is 4.68 Å². The van der Waals surface area contributed by atoms with Gasteiger partial charge in [0.15, 0.2) is 0 Å². The Labute approximate surface area is 154 Å². The highest BCUT2D eigenvalue weighted by molar-refractivity contribution is 6.33. The number of aryl methyl sites for hydroxylation is 1. The van der Waals surface area contributed by atoms with Crippen molar-refractivity contribution in [2.45, 2.75) is 39.5 Å². The fraction of sp³-hybridized carbons (Fsp3) is 0.412. The minimum atomic E-state index is -4.48. The predicted molar refractivity (Wildman–Crippen MR) is 95.2 cm³/mol. The Morgan fingerprint density at radius 2 is 2.00 bits per heavy atom. The zero-order valence-corrected chi connectivity index (χ0v) is 15.3. The number of rotatable bonds is 6. The first-order chi connectivity index (χ1) is 12.1. The third kappa shape index (κ3) is 4.69. The first kappa shape index (κ1) is 20.1. The summed E-state index contributed by atoms with van der Waals surface area (Å²) in [6, 6.07) is 3.97. The molecule has 1 aromatic carbocycles. The van der Waals surface area contributed by atoms with Crippen molar-refractivity contribution in [1.29, 1.82) is 0 Å². The Morgan fingerprint density at radius 1 is 1.31 bits per heavy atom. The number of hydrogen-bond donors (Lipinski definition) is 2.